The van der Waals surface area contributed by atoms with Crippen molar-refractivity contribution in [1.82, 2.24) is 4.31 Å². The molecule has 1 aliphatic rings. The van der Waals surface area contributed by atoms with Crippen LogP contribution in [0.4, 0.5) is 4.39 Å². The predicted molar refractivity (Wildman–Crippen MR) is 74.6 cm³/mol. The highest BCUT2D eigenvalue weighted by molar-refractivity contribution is 7.97. The van der Waals surface area contributed by atoms with Crippen LogP contribution in [0.1, 0.15) is 26.3 Å². The van der Waals surface area contributed by atoms with Gasteiger partial charge in [0.15, 0.2) is 0 Å². The van der Waals surface area contributed by atoms with Gasteiger partial charge in [0.1, 0.15) is 5.82 Å². The number of halogens is 1. The van der Waals surface area contributed by atoms with Gasteiger partial charge >= 0.3 is 0 Å². The van der Waals surface area contributed by atoms with Gasteiger partial charge in [-0.25, -0.2) is 8.70 Å². The normalized spacial score (nSPS) is 13.8. The second kappa shape index (κ2) is 5.09. The van der Waals surface area contributed by atoms with Crippen molar-refractivity contribution in [3.63, 3.8) is 0 Å². The van der Waals surface area contributed by atoms with E-state index in [1.165, 1.54) is 12.1 Å². The fraction of sp³-hybridized carbons (Fsp3) is 0.0667. The zero-order valence-electron chi connectivity index (χ0n) is 10.4. The molecule has 0 N–H and O–H groups in total. The zero-order chi connectivity index (χ0) is 14.1. The largest absolute Gasteiger partial charge is 0.271 e. The maximum Gasteiger partial charge on any atom is 0.271 e. The third-order valence-corrected chi connectivity index (χ3v) is 4.08. The van der Waals surface area contributed by atoms with Crippen molar-refractivity contribution < 1.29 is 14.0 Å². The van der Waals surface area contributed by atoms with Gasteiger partial charge in [-0.1, -0.05) is 24.3 Å². The molecule has 2 aromatic rings. The van der Waals surface area contributed by atoms with E-state index in [1.54, 1.807) is 36.4 Å². The molecule has 2 amide bonds. The Labute approximate surface area is 119 Å². The number of benzene rings is 2. The van der Waals surface area contributed by atoms with Crippen LogP contribution < -0.4 is 0 Å². The quantitative estimate of drug-likeness (QED) is 0.642. The Balaban J connectivity index is 1.75. The zero-order valence-corrected chi connectivity index (χ0v) is 11.2. The Morgan fingerprint density at radius 1 is 0.900 bits per heavy atom. The van der Waals surface area contributed by atoms with E-state index in [0.717, 1.165) is 21.8 Å². The molecule has 0 atom stereocenters. The van der Waals surface area contributed by atoms with E-state index in [1.807, 2.05) is 0 Å². The molecular weight excluding hydrogens is 277 g/mol. The van der Waals surface area contributed by atoms with Gasteiger partial charge in [0.25, 0.3) is 11.8 Å². The van der Waals surface area contributed by atoms with E-state index < -0.39 is 0 Å². The average molecular weight is 287 g/mol. The van der Waals surface area contributed by atoms with Gasteiger partial charge in [-0.2, -0.15) is 0 Å². The van der Waals surface area contributed by atoms with Crippen molar-refractivity contribution in [2.24, 2.45) is 0 Å². The van der Waals surface area contributed by atoms with Crippen LogP contribution in [-0.2, 0) is 5.75 Å². The van der Waals surface area contributed by atoms with Gasteiger partial charge in [0, 0.05) is 5.75 Å². The van der Waals surface area contributed by atoms with E-state index in [9.17, 15) is 14.0 Å². The maximum absolute atomic E-state index is 12.8. The van der Waals surface area contributed by atoms with E-state index in [4.69, 9.17) is 0 Å². The predicted octanol–water partition coefficient (Wildman–Crippen LogP) is 3.27. The molecule has 3 nitrogen and oxygen atoms in total. The first-order valence-electron chi connectivity index (χ1n) is 6.02. The molecule has 0 saturated heterocycles. The summed E-state index contributed by atoms with van der Waals surface area (Å²) in [7, 11) is 0. The smallest absolute Gasteiger partial charge is 0.268 e. The van der Waals surface area contributed by atoms with Crippen LogP contribution >= 0.6 is 11.9 Å². The number of fused-ring (bicyclic) bond motifs is 1. The third-order valence-electron chi connectivity index (χ3n) is 3.03. The molecule has 0 aromatic heterocycles. The Morgan fingerprint density at radius 2 is 1.45 bits per heavy atom. The molecule has 0 fully saturated rings. The number of amides is 2. The van der Waals surface area contributed by atoms with Crippen LogP contribution in [0.2, 0.25) is 0 Å². The molecule has 0 bridgehead atoms. The van der Waals surface area contributed by atoms with E-state index in [-0.39, 0.29) is 17.6 Å². The van der Waals surface area contributed by atoms with Crippen LogP contribution in [0, 0.1) is 5.82 Å². The van der Waals surface area contributed by atoms with Crippen molar-refractivity contribution in [3.05, 3.63) is 71.0 Å². The number of imide groups is 1. The molecule has 100 valence electrons. The number of hydrogen-bond donors (Lipinski definition) is 0. The molecule has 0 spiro atoms. The number of nitrogens with zero attached hydrogens (tertiary/aromatic N) is 1. The molecule has 0 unspecified atom stereocenters. The van der Waals surface area contributed by atoms with Gasteiger partial charge in [0.2, 0.25) is 0 Å². The van der Waals surface area contributed by atoms with Gasteiger partial charge in [0.05, 0.1) is 11.1 Å². The molecule has 20 heavy (non-hydrogen) atoms. The summed E-state index contributed by atoms with van der Waals surface area (Å²) in [6, 6.07) is 12.8. The second-order valence-electron chi connectivity index (χ2n) is 4.35. The molecule has 0 saturated carbocycles. The Hall–Kier alpha value is -2.14. The minimum atomic E-state index is -0.306. The molecule has 5 heteroatoms. The molecule has 0 aliphatic carbocycles. The highest BCUT2D eigenvalue weighted by atomic mass is 32.2. The van der Waals surface area contributed by atoms with E-state index >= 15 is 0 Å². The van der Waals surface area contributed by atoms with Crippen LogP contribution in [0.25, 0.3) is 0 Å². The number of rotatable bonds is 3. The first-order chi connectivity index (χ1) is 9.66. The van der Waals surface area contributed by atoms with Crippen molar-refractivity contribution in [2.75, 3.05) is 0 Å². The highest BCUT2D eigenvalue weighted by Gasteiger charge is 2.35. The topological polar surface area (TPSA) is 37.4 Å². The average Bonchev–Trinajstić information content (AvgIpc) is 2.71. The van der Waals surface area contributed by atoms with Gasteiger partial charge in [-0.05, 0) is 41.8 Å². The lowest BCUT2D eigenvalue weighted by Gasteiger charge is -2.11. The summed E-state index contributed by atoms with van der Waals surface area (Å²) in [5.41, 5.74) is 1.72. The summed E-state index contributed by atoms with van der Waals surface area (Å²) in [6.07, 6.45) is 0. The summed E-state index contributed by atoms with van der Waals surface area (Å²) in [4.78, 5) is 24.2. The van der Waals surface area contributed by atoms with E-state index in [0.29, 0.717) is 16.9 Å². The molecule has 0 radical (unpaired) electrons. The lowest BCUT2D eigenvalue weighted by molar-refractivity contribution is 0.0777. The minimum absolute atomic E-state index is 0.294. The van der Waals surface area contributed by atoms with Crippen molar-refractivity contribution >= 4 is 23.8 Å². The van der Waals surface area contributed by atoms with Crippen LogP contribution in [0.5, 0.6) is 0 Å². The van der Waals surface area contributed by atoms with E-state index in [2.05, 4.69) is 0 Å². The molecule has 1 aliphatic heterocycles. The summed E-state index contributed by atoms with van der Waals surface area (Å²) >= 11 is 1.13. The summed E-state index contributed by atoms with van der Waals surface area (Å²) in [5.74, 6) is -0.457. The lowest BCUT2D eigenvalue weighted by Crippen LogP contribution is -2.22. The van der Waals surface area contributed by atoms with Crippen LogP contribution in [0.15, 0.2) is 48.5 Å². The van der Waals surface area contributed by atoms with Crippen molar-refractivity contribution in [2.45, 2.75) is 5.75 Å². The Morgan fingerprint density at radius 3 is 2.00 bits per heavy atom. The van der Waals surface area contributed by atoms with Gasteiger partial charge in [-0.15, -0.1) is 0 Å². The fourth-order valence-corrected chi connectivity index (χ4v) is 2.91. The third kappa shape index (κ3) is 2.20. The molecular formula is C15H10FNO2S. The van der Waals surface area contributed by atoms with Crippen LogP contribution in [-0.4, -0.2) is 16.1 Å². The van der Waals surface area contributed by atoms with Gasteiger partial charge < -0.3 is 0 Å². The maximum atomic E-state index is 12.8. The second-order valence-corrected chi connectivity index (χ2v) is 5.26. The number of hydrogen-bond acceptors (Lipinski definition) is 3. The summed E-state index contributed by atoms with van der Waals surface area (Å²) in [5, 5.41) is 0. The molecule has 3 rings (SSSR count). The number of carbonyl (C=O) groups excluding carboxylic acids is 2. The fourth-order valence-electron chi connectivity index (χ4n) is 2.00. The number of carbonyl (C=O) groups is 2. The monoisotopic (exact) mass is 287 g/mol. The van der Waals surface area contributed by atoms with Crippen molar-refractivity contribution in [3.8, 4) is 0 Å². The Kier molecular flexibility index (Phi) is 3.28. The Bertz CT molecular complexity index is 650. The minimum Gasteiger partial charge on any atom is -0.268 e. The van der Waals surface area contributed by atoms with Crippen LogP contribution in [0.3, 0.4) is 0 Å². The summed E-state index contributed by atoms with van der Waals surface area (Å²) in [6.45, 7) is 0. The standard InChI is InChI=1S/C15H10FNO2S/c16-11-7-5-10(6-8-11)9-20-17-14(18)12-3-1-2-4-13(12)15(17)19/h1-8H,9H2. The SMILES string of the molecule is O=C1c2ccccc2C(=O)N1SCc1ccc(F)cc1. The molecule has 1 heterocycles. The van der Waals surface area contributed by atoms with Crippen molar-refractivity contribution in [1.29, 1.82) is 0 Å². The highest BCUT2D eigenvalue weighted by Crippen LogP contribution is 2.29. The lowest BCUT2D eigenvalue weighted by atomic mass is 10.1. The van der Waals surface area contributed by atoms with Gasteiger partial charge in [-0.3, -0.25) is 9.59 Å². The first kappa shape index (κ1) is 12.9. The first-order valence-corrected chi connectivity index (χ1v) is 6.96. The molecule has 2 aromatic carbocycles. The summed E-state index contributed by atoms with van der Waals surface area (Å²) < 4.78 is 14.0.